The van der Waals surface area contributed by atoms with Gasteiger partial charge in [-0.05, 0) is 6.07 Å². The minimum Gasteiger partial charge on any atom is -0.497 e. The average molecular weight is 395 g/mol. The lowest BCUT2D eigenvalue weighted by Crippen LogP contribution is -2.21. The van der Waals surface area contributed by atoms with E-state index >= 15 is 0 Å². The number of nitro benzene ring substituents is 1. The van der Waals surface area contributed by atoms with Crippen LogP contribution in [0.25, 0.3) is 0 Å². The summed E-state index contributed by atoms with van der Waals surface area (Å²) in [5.74, 6) is -0.538. The Bertz CT molecular complexity index is 863. The number of nitro groups is 1. The molecule has 0 aliphatic heterocycles. The minimum absolute atomic E-state index is 0.0851. The van der Waals surface area contributed by atoms with Crippen LogP contribution in [-0.4, -0.2) is 37.6 Å². The molecule has 2 rings (SSSR count). The van der Waals surface area contributed by atoms with E-state index in [-0.39, 0.29) is 16.3 Å². The third-order valence-corrected chi connectivity index (χ3v) is 3.67. The summed E-state index contributed by atoms with van der Waals surface area (Å²) in [5, 5.41) is 13.1. The number of ether oxygens (including phenoxy) is 3. The highest BCUT2D eigenvalue weighted by molar-refractivity contribution is 6.33. The van der Waals surface area contributed by atoms with Crippen molar-refractivity contribution in [1.29, 1.82) is 0 Å². The normalized spacial score (nSPS) is 10.0. The lowest BCUT2D eigenvalue weighted by Gasteiger charge is -2.10. The van der Waals surface area contributed by atoms with Crippen LogP contribution in [0.2, 0.25) is 5.02 Å². The number of esters is 1. The number of non-ortho nitro benzene ring substituents is 1. The molecule has 9 nitrogen and oxygen atoms in total. The van der Waals surface area contributed by atoms with Crippen molar-refractivity contribution in [3.8, 4) is 11.5 Å². The van der Waals surface area contributed by atoms with Crippen LogP contribution in [0, 0.1) is 10.1 Å². The molecule has 0 aliphatic rings. The number of anilines is 1. The number of rotatable bonds is 7. The number of benzene rings is 2. The third-order valence-electron chi connectivity index (χ3n) is 3.35. The number of carbonyl (C=O) groups excluding carboxylic acids is 2. The van der Waals surface area contributed by atoms with Gasteiger partial charge >= 0.3 is 5.97 Å². The summed E-state index contributed by atoms with van der Waals surface area (Å²) >= 11 is 5.85. The maximum atomic E-state index is 12.0. The summed E-state index contributed by atoms with van der Waals surface area (Å²) in [6, 6.07) is 8.07. The standard InChI is InChI=1S/C17H15ClN2O7/c1-25-12-5-10(6-13(8-12)26-2)19-16(21)9-27-17(22)14-4-3-11(20(23)24)7-15(14)18/h3-8H,9H2,1-2H3,(H,19,21). The second-order valence-corrected chi connectivity index (χ2v) is 5.55. The smallest absolute Gasteiger partial charge is 0.340 e. The molecular weight excluding hydrogens is 380 g/mol. The zero-order valence-electron chi connectivity index (χ0n) is 14.4. The Hall–Kier alpha value is -3.33. The molecule has 0 heterocycles. The van der Waals surface area contributed by atoms with Gasteiger partial charge < -0.3 is 19.5 Å². The average Bonchev–Trinajstić information content (AvgIpc) is 2.65. The topological polar surface area (TPSA) is 117 Å². The zero-order chi connectivity index (χ0) is 20.0. The van der Waals surface area contributed by atoms with E-state index < -0.39 is 23.4 Å². The van der Waals surface area contributed by atoms with E-state index in [0.29, 0.717) is 17.2 Å². The van der Waals surface area contributed by atoms with Crippen LogP contribution in [0.3, 0.4) is 0 Å². The summed E-state index contributed by atoms with van der Waals surface area (Å²) in [7, 11) is 2.94. The molecular formula is C17H15ClN2O7. The van der Waals surface area contributed by atoms with Crippen molar-refractivity contribution < 1.29 is 28.7 Å². The van der Waals surface area contributed by atoms with E-state index in [2.05, 4.69) is 5.32 Å². The van der Waals surface area contributed by atoms with E-state index in [0.717, 1.165) is 18.2 Å². The van der Waals surface area contributed by atoms with Gasteiger partial charge in [-0.25, -0.2) is 4.79 Å². The van der Waals surface area contributed by atoms with Crippen molar-refractivity contribution in [2.75, 3.05) is 26.1 Å². The van der Waals surface area contributed by atoms with Crippen LogP contribution >= 0.6 is 11.6 Å². The molecule has 0 saturated carbocycles. The van der Waals surface area contributed by atoms with Gasteiger partial charge in [0.15, 0.2) is 6.61 Å². The first kappa shape index (κ1) is 20.0. The third kappa shape index (κ3) is 5.32. The largest absolute Gasteiger partial charge is 0.497 e. The van der Waals surface area contributed by atoms with Crippen LogP contribution in [-0.2, 0) is 9.53 Å². The molecule has 0 atom stereocenters. The summed E-state index contributed by atoms with van der Waals surface area (Å²) in [6.45, 7) is -0.578. The molecule has 1 N–H and O–H groups in total. The first-order valence-corrected chi connectivity index (χ1v) is 7.86. The van der Waals surface area contributed by atoms with E-state index in [9.17, 15) is 19.7 Å². The fourth-order valence-electron chi connectivity index (χ4n) is 2.07. The highest BCUT2D eigenvalue weighted by Crippen LogP contribution is 2.26. The van der Waals surface area contributed by atoms with Crippen molar-refractivity contribution in [2.24, 2.45) is 0 Å². The van der Waals surface area contributed by atoms with Gasteiger partial charge in [-0.1, -0.05) is 11.6 Å². The SMILES string of the molecule is COc1cc(NC(=O)COC(=O)c2ccc([N+](=O)[O-])cc2Cl)cc(OC)c1. The first-order chi connectivity index (χ1) is 12.8. The summed E-state index contributed by atoms with van der Waals surface area (Å²) in [6.07, 6.45) is 0. The van der Waals surface area contributed by atoms with Gasteiger partial charge in [-0.2, -0.15) is 0 Å². The van der Waals surface area contributed by atoms with Crippen molar-refractivity contribution in [3.63, 3.8) is 0 Å². The molecule has 10 heteroatoms. The lowest BCUT2D eigenvalue weighted by atomic mass is 10.2. The molecule has 0 radical (unpaired) electrons. The quantitative estimate of drug-likeness (QED) is 0.435. The van der Waals surface area contributed by atoms with Crippen LogP contribution < -0.4 is 14.8 Å². The molecule has 2 aromatic rings. The number of methoxy groups -OCH3 is 2. The fourth-order valence-corrected chi connectivity index (χ4v) is 2.32. The molecule has 27 heavy (non-hydrogen) atoms. The molecule has 2 aromatic carbocycles. The lowest BCUT2D eigenvalue weighted by molar-refractivity contribution is -0.384. The highest BCUT2D eigenvalue weighted by atomic mass is 35.5. The van der Waals surface area contributed by atoms with Crippen LogP contribution in [0.4, 0.5) is 11.4 Å². The predicted molar refractivity (Wildman–Crippen MR) is 96.6 cm³/mol. The van der Waals surface area contributed by atoms with Crippen LogP contribution in [0.15, 0.2) is 36.4 Å². The molecule has 0 aliphatic carbocycles. The number of nitrogens with one attached hydrogen (secondary N) is 1. The van der Waals surface area contributed by atoms with Gasteiger partial charge in [0.25, 0.3) is 11.6 Å². The van der Waals surface area contributed by atoms with Crippen LogP contribution in [0.5, 0.6) is 11.5 Å². The van der Waals surface area contributed by atoms with E-state index in [1.54, 1.807) is 18.2 Å². The molecule has 0 bridgehead atoms. The molecule has 0 aromatic heterocycles. The van der Waals surface area contributed by atoms with Gasteiger partial charge in [0.1, 0.15) is 11.5 Å². The Kier molecular flexibility index (Phi) is 6.56. The Balaban J connectivity index is 1.99. The summed E-state index contributed by atoms with van der Waals surface area (Å²) in [5.41, 5.74) is 0.0417. The Morgan fingerprint density at radius 2 is 1.74 bits per heavy atom. The number of hydrogen-bond acceptors (Lipinski definition) is 7. The summed E-state index contributed by atoms with van der Waals surface area (Å²) < 4.78 is 15.1. The minimum atomic E-state index is -0.881. The second kappa shape index (κ2) is 8.86. The van der Waals surface area contributed by atoms with Crippen LogP contribution in [0.1, 0.15) is 10.4 Å². The van der Waals surface area contributed by atoms with Gasteiger partial charge in [-0.15, -0.1) is 0 Å². The number of halogens is 1. The van der Waals surface area contributed by atoms with Gasteiger partial charge in [0, 0.05) is 36.0 Å². The van der Waals surface area contributed by atoms with E-state index in [1.807, 2.05) is 0 Å². The Labute approximate surface area is 158 Å². The molecule has 1 amide bonds. The Morgan fingerprint density at radius 3 is 2.26 bits per heavy atom. The number of nitrogens with zero attached hydrogens (tertiary/aromatic N) is 1. The maximum Gasteiger partial charge on any atom is 0.340 e. The van der Waals surface area contributed by atoms with Gasteiger partial charge in [0.2, 0.25) is 0 Å². The number of carbonyl (C=O) groups is 2. The van der Waals surface area contributed by atoms with Crippen molar-refractivity contribution in [1.82, 2.24) is 0 Å². The van der Waals surface area contributed by atoms with Gasteiger partial charge in [-0.3, -0.25) is 14.9 Å². The molecule has 0 fully saturated rings. The van der Waals surface area contributed by atoms with Crippen molar-refractivity contribution in [3.05, 3.63) is 57.1 Å². The summed E-state index contributed by atoms with van der Waals surface area (Å²) in [4.78, 5) is 34.0. The van der Waals surface area contributed by atoms with E-state index in [4.69, 9.17) is 25.8 Å². The molecule has 0 unspecified atom stereocenters. The van der Waals surface area contributed by atoms with Gasteiger partial charge in [0.05, 0.1) is 29.7 Å². The first-order valence-electron chi connectivity index (χ1n) is 7.48. The number of amides is 1. The monoisotopic (exact) mass is 394 g/mol. The maximum absolute atomic E-state index is 12.0. The van der Waals surface area contributed by atoms with Crippen molar-refractivity contribution in [2.45, 2.75) is 0 Å². The zero-order valence-corrected chi connectivity index (χ0v) is 15.1. The Morgan fingerprint density at radius 1 is 1.11 bits per heavy atom. The van der Waals surface area contributed by atoms with Crippen molar-refractivity contribution >= 4 is 34.9 Å². The molecule has 0 spiro atoms. The number of hydrogen-bond donors (Lipinski definition) is 1. The highest BCUT2D eigenvalue weighted by Gasteiger charge is 2.17. The fraction of sp³-hybridized carbons (Fsp3) is 0.176. The molecule has 0 saturated heterocycles. The molecule has 142 valence electrons. The second-order valence-electron chi connectivity index (χ2n) is 5.15. The van der Waals surface area contributed by atoms with E-state index in [1.165, 1.54) is 14.2 Å². The predicted octanol–water partition coefficient (Wildman–Crippen LogP) is 3.06.